The second-order valence-electron chi connectivity index (χ2n) is 5.27. The molecule has 0 saturated carbocycles. The molecule has 1 saturated heterocycles. The summed E-state index contributed by atoms with van der Waals surface area (Å²) in [7, 11) is -3.21. The first-order valence-corrected chi connectivity index (χ1v) is 8.61. The molecule has 0 unspecified atom stereocenters. The number of sulfonamides is 1. The number of hydrogen-bond acceptors (Lipinski definition) is 5. The third-order valence-corrected chi connectivity index (χ3v) is 4.88. The van der Waals surface area contributed by atoms with Gasteiger partial charge in [0.2, 0.25) is 10.0 Å². The summed E-state index contributed by atoms with van der Waals surface area (Å²) in [5.41, 5.74) is 2.29. The van der Waals surface area contributed by atoms with Gasteiger partial charge in [0.1, 0.15) is 5.69 Å². The van der Waals surface area contributed by atoms with Crippen LogP contribution in [0.3, 0.4) is 0 Å². The number of H-pyrrole nitrogens is 1. The largest absolute Gasteiger partial charge is 0.341 e. The average molecular weight is 307 g/mol. The van der Waals surface area contributed by atoms with E-state index in [0.717, 1.165) is 18.5 Å². The Kier molecular flexibility index (Phi) is 3.50. The van der Waals surface area contributed by atoms with Gasteiger partial charge in [-0.15, -0.1) is 0 Å². The van der Waals surface area contributed by atoms with Gasteiger partial charge in [0.05, 0.1) is 30.4 Å². The number of rotatable bonds is 3. The van der Waals surface area contributed by atoms with E-state index in [1.807, 2.05) is 6.92 Å². The summed E-state index contributed by atoms with van der Waals surface area (Å²) in [4.78, 5) is 16.0. The van der Waals surface area contributed by atoms with Crippen LogP contribution in [-0.2, 0) is 10.0 Å². The maximum Gasteiger partial charge on any atom is 0.211 e. The molecule has 8 heteroatoms. The van der Waals surface area contributed by atoms with Crippen LogP contribution < -0.4 is 0 Å². The number of hydrogen-bond donors (Lipinski definition) is 1. The number of imidazole rings is 1. The van der Waals surface area contributed by atoms with Gasteiger partial charge in [-0.2, -0.15) is 4.31 Å². The van der Waals surface area contributed by atoms with E-state index < -0.39 is 10.0 Å². The Balaban J connectivity index is 1.87. The van der Waals surface area contributed by atoms with Gasteiger partial charge in [-0.3, -0.25) is 4.98 Å². The Labute approximate surface area is 123 Å². The van der Waals surface area contributed by atoms with Gasteiger partial charge in [-0.25, -0.2) is 18.4 Å². The Morgan fingerprint density at radius 2 is 2.05 bits per heavy atom. The molecule has 0 radical (unpaired) electrons. The molecule has 0 aromatic carbocycles. The third-order valence-electron chi connectivity index (χ3n) is 3.59. The molecule has 112 valence electrons. The van der Waals surface area contributed by atoms with Crippen molar-refractivity contribution in [1.29, 1.82) is 0 Å². The molecule has 0 spiro atoms. The standard InChI is InChI=1S/C13H17N5O2S/c1-9-6-16-13(17-9)11-8-14-10(7-15-11)12-4-3-5-18(12)21(2,19)20/h6-8,12H,3-5H2,1-2H3,(H,16,17)/t12-/m1/s1. The fourth-order valence-corrected chi connectivity index (χ4v) is 3.74. The Bertz CT molecular complexity index is 738. The first-order valence-electron chi connectivity index (χ1n) is 6.76. The van der Waals surface area contributed by atoms with Crippen molar-refractivity contribution < 1.29 is 8.42 Å². The van der Waals surface area contributed by atoms with Gasteiger partial charge >= 0.3 is 0 Å². The van der Waals surface area contributed by atoms with E-state index in [4.69, 9.17) is 0 Å². The molecular formula is C13H17N5O2S. The zero-order valence-corrected chi connectivity index (χ0v) is 12.8. The normalized spacial score (nSPS) is 20.0. The minimum atomic E-state index is -3.21. The van der Waals surface area contributed by atoms with Crippen LogP contribution in [0.1, 0.15) is 30.3 Å². The van der Waals surface area contributed by atoms with E-state index in [-0.39, 0.29) is 6.04 Å². The Hall–Kier alpha value is -1.80. The van der Waals surface area contributed by atoms with Gasteiger partial charge in [-0.1, -0.05) is 0 Å². The highest BCUT2D eigenvalue weighted by Gasteiger charge is 2.33. The lowest BCUT2D eigenvalue weighted by Gasteiger charge is -2.21. The molecule has 0 amide bonds. The molecule has 1 fully saturated rings. The zero-order chi connectivity index (χ0) is 15.0. The maximum atomic E-state index is 11.8. The van der Waals surface area contributed by atoms with Crippen LogP contribution in [0.25, 0.3) is 11.5 Å². The van der Waals surface area contributed by atoms with Gasteiger partial charge in [0.15, 0.2) is 5.82 Å². The van der Waals surface area contributed by atoms with Crippen LogP contribution in [0.4, 0.5) is 0 Å². The van der Waals surface area contributed by atoms with E-state index >= 15 is 0 Å². The minimum Gasteiger partial charge on any atom is -0.341 e. The molecule has 1 aliphatic heterocycles. The molecule has 21 heavy (non-hydrogen) atoms. The quantitative estimate of drug-likeness (QED) is 0.922. The fourth-order valence-electron chi connectivity index (χ4n) is 2.61. The van der Waals surface area contributed by atoms with E-state index in [1.165, 1.54) is 10.6 Å². The van der Waals surface area contributed by atoms with E-state index in [9.17, 15) is 8.42 Å². The second kappa shape index (κ2) is 5.19. The van der Waals surface area contributed by atoms with Crippen molar-refractivity contribution in [2.75, 3.05) is 12.8 Å². The van der Waals surface area contributed by atoms with Crippen molar-refractivity contribution in [1.82, 2.24) is 24.2 Å². The summed E-state index contributed by atoms with van der Waals surface area (Å²) >= 11 is 0. The minimum absolute atomic E-state index is 0.208. The van der Waals surface area contributed by atoms with E-state index in [2.05, 4.69) is 19.9 Å². The lowest BCUT2D eigenvalue weighted by molar-refractivity contribution is 0.393. The van der Waals surface area contributed by atoms with Gasteiger partial charge < -0.3 is 4.98 Å². The monoisotopic (exact) mass is 307 g/mol. The number of nitrogens with one attached hydrogen (secondary N) is 1. The fraction of sp³-hybridized carbons (Fsp3) is 0.462. The van der Waals surface area contributed by atoms with Gasteiger partial charge in [0.25, 0.3) is 0 Å². The Morgan fingerprint density at radius 1 is 1.24 bits per heavy atom. The van der Waals surface area contributed by atoms with E-state index in [0.29, 0.717) is 23.8 Å². The lowest BCUT2D eigenvalue weighted by atomic mass is 10.2. The summed E-state index contributed by atoms with van der Waals surface area (Å²) in [6.45, 7) is 2.46. The highest BCUT2D eigenvalue weighted by molar-refractivity contribution is 7.88. The number of aromatic nitrogens is 4. The molecule has 2 aromatic heterocycles. The van der Waals surface area contributed by atoms with Crippen LogP contribution in [-0.4, -0.2) is 45.5 Å². The lowest BCUT2D eigenvalue weighted by Crippen LogP contribution is -2.29. The number of nitrogens with zero attached hydrogens (tertiary/aromatic N) is 4. The van der Waals surface area contributed by atoms with Crippen molar-refractivity contribution >= 4 is 10.0 Å². The summed E-state index contributed by atoms with van der Waals surface area (Å²) in [5.74, 6) is 0.665. The average Bonchev–Trinajstić information content (AvgIpc) is 3.07. The Morgan fingerprint density at radius 3 is 2.62 bits per heavy atom. The van der Waals surface area contributed by atoms with Gasteiger partial charge in [-0.05, 0) is 19.8 Å². The van der Waals surface area contributed by atoms with E-state index in [1.54, 1.807) is 18.6 Å². The summed E-state index contributed by atoms with van der Waals surface area (Å²) in [6.07, 6.45) is 7.86. The molecule has 7 nitrogen and oxygen atoms in total. The molecular weight excluding hydrogens is 290 g/mol. The number of aryl methyl sites for hydroxylation is 1. The molecule has 0 bridgehead atoms. The maximum absolute atomic E-state index is 11.8. The van der Waals surface area contributed by atoms with Crippen LogP contribution >= 0.6 is 0 Å². The van der Waals surface area contributed by atoms with Crippen molar-refractivity contribution in [3.63, 3.8) is 0 Å². The molecule has 3 rings (SSSR count). The predicted octanol–water partition coefficient (Wildman–Crippen LogP) is 1.27. The van der Waals surface area contributed by atoms with Crippen LogP contribution in [0.5, 0.6) is 0 Å². The van der Waals surface area contributed by atoms with Crippen LogP contribution in [0.2, 0.25) is 0 Å². The summed E-state index contributed by atoms with van der Waals surface area (Å²) < 4.78 is 25.0. The predicted molar refractivity (Wildman–Crippen MR) is 77.9 cm³/mol. The molecule has 1 N–H and O–H groups in total. The highest BCUT2D eigenvalue weighted by Crippen LogP contribution is 2.32. The van der Waals surface area contributed by atoms with Crippen molar-refractivity contribution in [3.8, 4) is 11.5 Å². The molecule has 1 aliphatic rings. The first kappa shape index (κ1) is 14.2. The SMILES string of the molecule is Cc1cnc(-c2cnc([C@H]3CCCN3S(C)(=O)=O)cn2)[nH]1. The topological polar surface area (TPSA) is 91.8 Å². The number of aromatic amines is 1. The highest BCUT2D eigenvalue weighted by atomic mass is 32.2. The van der Waals surface area contributed by atoms with Crippen molar-refractivity contribution in [2.24, 2.45) is 0 Å². The zero-order valence-electron chi connectivity index (χ0n) is 11.9. The van der Waals surface area contributed by atoms with Gasteiger partial charge in [0, 0.05) is 18.4 Å². The molecule has 2 aromatic rings. The molecule has 0 aliphatic carbocycles. The third kappa shape index (κ3) is 2.81. The van der Waals surface area contributed by atoms with Crippen LogP contribution in [0, 0.1) is 6.92 Å². The first-order chi connectivity index (χ1) is 9.95. The summed E-state index contributed by atoms with van der Waals surface area (Å²) in [6, 6.07) is -0.208. The second-order valence-corrected chi connectivity index (χ2v) is 7.21. The molecule has 1 atom stereocenters. The summed E-state index contributed by atoms with van der Waals surface area (Å²) in [5, 5.41) is 0. The smallest absolute Gasteiger partial charge is 0.211 e. The van der Waals surface area contributed by atoms with Crippen molar-refractivity contribution in [3.05, 3.63) is 30.0 Å². The van der Waals surface area contributed by atoms with Crippen molar-refractivity contribution in [2.45, 2.75) is 25.8 Å². The molecule has 3 heterocycles. The van der Waals surface area contributed by atoms with Crippen LogP contribution in [0.15, 0.2) is 18.6 Å².